The number of nitrogens with zero attached hydrogens (tertiary/aromatic N) is 1. The minimum absolute atomic E-state index is 0.109. The third-order valence-corrected chi connectivity index (χ3v) is 2.74. The van der Waals surface area contributed by atoms with E-state index in [1.165, 1.54) is 0 Å². The Kier molecular flexibility index (Phi) is 2.64. The summed E-state index contributed by atoms with van der Waals surface area (Å²) in [5.74, 6) is 0.127. The van der Waals surface area contributed by atoms with Gasteiger partial charge in [-0.3, -0.25) is 4.79 Å². The fraction of sp³-hybridized carbons (Fsp3) is 0.333. The van der Waals surface area contributed by atoms with E-state index in [1.54, 1.807) is 24.1 Å². The zero-order valence-corrected chi connectivity index (χ0v) is 9.41. The molecule has 0 spiro atoms. The Hall–Kier alpha value is -1.84. The predicted molar refractivity (Wildman–Crippen MR) is 61.5 cm³/mol. The molecule has 0 atom stereocenters. The van der Waals surface area contributed by atoms with E-state index in [0.29, 0.717) is 18.5 Å². The molecule has 0 saturated carbocycles. The summed E-state index contributed by atoms with van der Waals surface area (Å²) < 4.78 is 0. The van der Waals surface area contributed by atoms with Crippen LogP contribution >= 0.6 is 0 Å². The topological polar surface area (TPSA) is 49.4 Å². The van der Waals surface area contributed by atoms with Crippen molar-refractivity contribution < 1.29 is 9.59 Å². The van der Waals surface area contributed by atoms with Crippen molar-refractivity contribution in [3.8, 4) is 0 Å². The van der Waals surface area contributed by atoms with Crippen LogP contribution in [0.4, 0.5) is 10.5 Å². The van der Waals surface area contributed by atoms with Gasteiger partial charge in [-0.25, -0.2) is 4.79 Å². The average Bonchev–Trinajstić information content (AvgIpc) is 2.29. The number of urea groups is 1. The molecule has 1 heterocycles. The molecule has 1 aliphatic heterocycles. The molecular formula is C12H14N2O2. The second kappa shape index (κ2) is 3.96. The maximum atomic E-state index is 11.5. The molecule has 0 fully saturated rings. The van der Waals surface area contributed by atoms with E-state index in [-0.39, 0.29) is 11.8 Å². The minimum Gasteiger partial charge on any atom is -0.323 e. The van der Waals surface area contributed by atoms with Gasteiger partial charge in [0.15, 0.2) is 5.78 Å². The molecule has 0 radical (unpaired) electrons. The number of hydrogen-bond acceptors (Lipinski definition) is 2. The van der Waals surface area contributed by atoms with Crippen LogP contribution in [0.15, 0.2) is 18.2 Å². The van der Waals surface area contributed by atoms with Crippen LogP contribution in [0.2, 0.25) is 0 Å². The van der Waals surface area contributed by atoms with Crippen molar-refractivity contribution >= 4 is 17.5 Å². The van der Waals surface area contributed by atoms with E-state index in [1.807, 2.05) is 13.0 Å². The summed E-state index contributed by atoms with van der Waals surface area (Å²) in [6.45, 7) is 2.39. The maximum absolute atomic E-state index is 11.5. The normalized spacial score (nSPS) is 14.4. The van der Waals surface area contributed by atoms with Gasteiger partial charge in [-0.1, -0.05) is 6.92 Å². The Morgan fingerprint density at radius 3 is 2.94 bits per heavy atom. The van der Waals surface area contributed by atoms with Crippen LogP contribution in [0.25, 0.3) is 0 Å². The lowest BCUT2D eigenvalue weighted by Gasteiger charge is -2.26. The Bertz CT molecular complexity index is 454. The van der Waals surface area contributed by atoms with E-state index in [2.05, 4.69) is 5.32 Å². The lowest BCUT2D eigenvalue weighted by atomic mass is 10.0. The van der Waals surface area contributed by atoms with Crippen LogP contribution in [0.3, 0.4) is 0 Å². The molecular weight excluding hydrogens is 204 g/mol. The maximum Gasteiger partial charge on any atom is 0.321 e. The molecule has 2 amide bonds. The van der Waals surface area contributed by atoms with E-state index >= 15 is 0 Å². The first-order valence-electron chi connectivity index (χ1n) is 5.30. The van der Waals surface area contributed by atoms with Gasteiger partial charge < -0.3 is 10.2 Å². The van der Waals surface area contributed by atoms with E-state index < -0.39 is 0 Å². The number of nitrogens with one attached hydrogen (secondary N) is 1. The van der Waals surface area contributed by atoms with Crippen molar-refractivity contribution in [2.45, 2.75) is 19.9 Å². The molecule has 16 heavy (non-hydrogen) atoms. The van der Waals surface area contributed by atoms with Crippen molar-refractivity contribution in [2.24, 2.45) is 0 Å². The highest BCUT2D eigenvalue weighted by molar-refractivity contribution is 5.98. The first-order valence-corrected chi connectivity index (χ1v) is 5.30. The SMILES string of the molecule is CCC(=O)c1ccc2c(c1)CN(C)C(=O)N2. The third-order valence-electron chi connectivity index (χ3n) is 2.74. The number of fused-ring (bicyclic) bond motifs is 1. The smallest absolute Gasteiger partial charge is 0.321 e. The van der Waals surface area contributed by atoms with Gasteiger partial charge in [0.1, 0.15) is 0 Å². The summed E-state index contributed by atoms with van der Waals surface area (Å²) in [6.07, 6.45) is 0.501. The lowest BCUT2D eigenvalue weighted by molar-refractivity contribution is 0.0988. The third kappa shape index (κ3) is 1.78. The largest absolute Gasteiger partial charge is 0.323 e. The summed E-state index contributed by atoms with van der Waals surface area (Å²) in [5, 5.41) is 2.77. The summed E-state index contributed by atoms with van der Waals surface area (Å²) in [6, 6.07) is 5.30. The molecule has 0 unspecified atom stereocenters. The van der Waals surface area contributed by atoms with Crippen molar-refractivity contribution in [1.29, 1.82) is 0 Å². The van der Waals surface area contributed by atoms with Gasteiger partial charge in [-0.15, -0.1) is 0 Å². The first-order chi connectivity index (χ1) is 7.61. The highest BCUT2D eigenvalue weighted by Crippen LogP contribution is 2.24. The molecule has 84 valence electrons. The fourth-order valence-corrected chi connectivity index (χ4v) is 1.76. The number of Topliss-reactive ketones (excluding diaryl/α,β-unsaturated/α-hetero) is 1. The number of hydrogen-bond donors (Lipinski definition) is 1. The fourth-order valence-electron chi connectivity index (χ4n) is 1.76. The molecule has 1 N–H and O–H groups in total. The quantitative estimate of drug-likeness (QED) is 0.774. The van der Waals surface area contributed by atoms with Gasteiger partial charge in [0.2, 0.25) is 0 Å². The number of anilines is 1. The molecule has 1 aliphatic rings. The van der Waals surface area contributed by atoms with E-state index in [4.69, 9.17) is 0 Å². The van der Waals surface area contributed by atoms with Crippen LogP contribution < -0.4 is 5.32 Å². The van der Waals surface area contributed by atoms with Crippen LogP contribution in [0.5, 0.6) is 0 Å². The average molecular weight is 218 g/mol. The number of amides is 2. The summed E-state index contributed by atoms with van der Waals surface area (Å²) in [7, 11) is 1.73. The molecule has 1 aromatic carbocycles. The highest BCUT2D eigenvalue weighted by Gasteiger charge is 2.19. The highest BCUT2D eigenvalue weighted by atomic mass is 16.2. The van der Waals surface area contributed by atoms with Crippen molar-refractivity contribution in [3.63, 3.8) is 0 Å². The summed E-state index contributed by atoms with van der Waals surface area (Å²) in [5.41, 5.74) is 2.50. The van der Waals surface area contributed by atoms with Gasteiger partial charge >= 0.3 is 6.03 Å². The molecule has 0 bridgehead atoms. The minimum atomic E-state index is -0.109. The molecule has 0 aliphatic carbocycles. The molecule has 4 heteroatoms. The summed E-state index contributed by atoms with van der Waals surface area (Å²) >= 11 is 0. The van der Waals surface area contributed by atoms with Crippen molar-refractivity contribution in [1.82, 2.24) is 4.90 Å². The lowest BCUT2D eigenvalue weighted by Crippen LogP contribution is -2.35. The monoisotopic (exact) mass is 218 g/mol. The van der Waals surface area contributed by atoms with Crippen molar-refractivity contribution in [2.75, 3.05) is 12.4 Å². The number of rotatable bonds is 2. The molecule has 1 aromatic rings. The molecule has 0 aromatic heterocycles. The molecule has 4 nitrogen and oxygen atoms in total. The van der Waals surface area contributed by atoms with Gasteiger partial charge in [0.05, 0.1) is 0 Å². The van der Waals surface area contributed by atoms with Crippen molar-refractivity contribution in [3.05, 3.63) is 29.3 Å². The summed E-state index contributed by atoms with van der Waals surface area (Å²) in [4.78, 5) is 24.5. The zero-order chi connectivity index (χ0) is 11.7. The van der Waals surface area contributed by atoms with Gasteiger partial charge in [0, 0.05) is 31.3 Å². The number of carbonyl (C=O) groups is 2. The van der Waals surface area contributed by atoms with Gasteiger partial charge in [-0.2, -0.15) is 0 Å². The van der Waals surface area contributed by atoms with Crippen LogP contribution in [0.1, 0.15) is 29.3 Å². The van der Waals surface area contributed by atoms with E-state index in [0.717, 1.165) is 11.3 Å². The molecule has 0 saturated heterocycles. The Balaban J connectivity index is 2.36. The predicted octanol–water partition coefficient (Wildman–Crippen LogP) is 2.26. The zero-order valence-electron chi connectivity index (χ0n) is 9.41. The Morgan fingerprint density at radius 1 is 1.50 bits per heavy atom. The Morgan fingerprint density at radius 2 is 2.25 bits per heavy atom. The van der Waals surface area contributed by atoms with E-state index in [9.17, 15) is 9.59 Å². The van der Waals surface area contributed by atoms with Gasteiger partial charge in [-0.05, 0) is 23.8 Å². The number of carbonyl (C=O) groups excluding carboxylic acids is 2. The number of ketones is 1. The Labute approximate surface area is 94.2 Å². The first kappa shape index (κ1) is 10.7. The molecule has 2 rings (SSSR count). The number of benzene rings is 1. The second-order valence-electron chi connectivity index (χ2n) is 3.93. The standard InChI is InChI=1S/C12H14N2O2/c1-3-11(15)8-4-5-10-9(6-8)7-14(2)12(16)13-10/h4-6H,3,7H2,1-2H3,(H,13,16). The van der Waals surface area contributed by atoms with Crippen LogP contribution in [-0.2, 0) is 6.54 Å². The van der Waals surface area contributed by atoms with Gasteiger partial charge in [0.25, 0.3) is 0 Å². The van der Waals surface area contributed by atoms with Crippen LogP contribution in [0, 0.1) is 0 Å². The second-order valence-corrected chi connectivity index (χ2v) is 3.93. The van der Waals surface area contributed by atoms with Crippen LogP contribution in [-0.4, -0.2) is 23.8 Å².